The van der Waals surface area contributed by atoms with Crippen molar-refractivity contribution in [3.05, 3.63) is 72.3 Å². The number of aliphatic imine (C=N–C) groups is 1. The first-order valence-corrected chi connectivity index (χ1v) is 9.86. The van der Waals surface area contributed by atoms with Crippen LogP contribution in [0.4, 0.5) is 5.69 Å². The summed E-state index contributed by atoms with van der Waals surface area (Å²) in [6.45, 7) is 6.22. The van der Waals surface area contributed by atoms with Gasteiger partial charge in [0.05, 0.1) is 0 Å². The Labute approximate surface area is 195 Å². The van der Waals surface area contributed by atoms with Gasteiger partial charge in [-0.2, -0.15) is 0 Å². The zero-order valence-corrected chi connectivity index (χ0v) is 19.6. The highest BCUT2D eigenvalue weighted by Crippen LogP contribution is 2.21. The summed E-state index contributed by atoms with van der Waals surface area (Å²) in [5.41, 5.74) is 3.14. The van der Waals surface area contributed by atoms with Crippen LogP contribution in [0.25, 0.3) is 0 Å². The highest BCUT2D eigenvalue weighted by atomic mass is 127. The number of hydrogen-bond acceptors (Lipinski definition) is 3. The summed E-state index contributed by atoms with van der Waals surface area (Å²) >= 11 is 0. The monoisotopic (exact) mass is 520 g/mol. The predicted molar refractivity (Wildman–Crippen MR) is 133 cm³/mol. The molecule has 1 heterocycles. The number of hydrogen-bond donors (Lipinski definition) is 2. The summed E-state index contributed by atoms with van der Waals surface area (Å²) in [5, 5.41) is 6.63. The van der Waals surface area contributed by atoms with Crippen molar-refractivity contribution in [1.29, 1.82) is 0 Å². The number of para-hydroxylation sites is 1. The fourth-order valence-electron chi connectivity index (χ4n) is 3.24. The average Bonchev–Trinajstić information content (AvgIpc) is 3.19. The van der Waals surface area contributed by atoms with Crippen LogP contribution >= 0.6 is 24.0 Å². The summed E-state index contributed by atoms with van der Waals surface area (Å²) in [5.74, 6) is 1.75. The van der Waals surface area contributed by atoms with Crippen LogP contribution in [0, 0.1) is 0 Å². The van der Waals surface area contributed by atoms with E-state index in [9.17, 15) is 4.79 Å². The summed E-state index contributed by atoms with van der Waals surface area (Å²) < 4.78 is 5.70. The van der Waals surface area contributed by atoms with Gasteiger partial charge >= 0.3 is 0 Å². The number of halogens is 1. The van der Waals surface area contributed by atoms with Gasteiger partial charge in [-0.15, -0.1) is 24.0 Å². The molecule has 3 rings (SSSR count). The highest BCUT2D eigenvalue weighted by molar-refractivity contribution is 14.0. The first-order chi connectivity index (χ1) is 14.2. The molecule has 2 aromatic rings. The van der Waals surface area contributed by atoms with Crippen molar-refractivity contribution in [2.75, 3.05) is 25.1 Å². The topological polar surface area (TPSA) is 66.0 Å². The zero-order valence-electron chi connectivity index (χ0n) is 17.3. The smallest absolute Gasteiger partial charge is 0.227 e. The molecular weight excluding hydrogens is 491 g/mol. The molecule has 0 saturated carbocycles. The van der Waals surface area contributed by atoms with E-state index in [1.165, 1.54) is 0 Å². The van der Waals surface area contributed by atoms with E-state index < -0.39 is 0 Å². The zero-order chi connectivity index (χ0) is 20.5. The van der Waals surface area contributed by atoms with E-state index in [1.54, 1.807) is 13.1 Å². The number of nitrogens with zero attached hydrogens (tertiary/aromatic N) is 2. The summed E-state index contributed by atoms with van der Waals surface area (Å²) in [6, 6.07) is 16.0. The Morgan fingerprint density at radius 2 is 1.90 bits per heavy atom. The molecule has 1 aliphatic rings. The maximum absolute atomic E-state index is 11.9. The van der Waals surface area contributed by atoms with Crippen molar-refractivity contribution in [3.63, 3.8) is 0 Å². The normalized spacial score (nSPS) is 13.6. The van der Waals surface area contributed by atoms with Gasteiger partial charge in [0.15, 0.2) is 5.96 Å². The van der Waals surface area contributed by atoms with Gasteiger partial charge in [0, 0.05) is 44.4 Å². The van der Waals surface area contributed by atoms with Gasteiger partial charge in [0.2, 0.25) is 5.91 Å². The van der Waals surface area contributed by atoms with Crippen molar-refractivity contribution in [2.45, 2.75) is 25.9 Å². The van der Waals surface area contributed by atoms with Crippen molar-refractivity contribution < 1.29 is 9.53 Å². The maximum Gasteiger partial charge on any atom is 0.227 e. The molecule has 1 fully saturated rings. The number of anilines is 1. The van der Waals surface area contributed by atoms with Gasteiger partial charge in [-0.05, 0) is 30.2 Å². The Morgan fingerprint density at radius 1 is 1.17 bits per heavy atom. The molecule has 0 radical (unpaired) electrons. The Hall–Kier alpha value is -2.55. The lowest BCUT2D eigenvalue weighted by Gasteiger charge is -2.17. The minimum absolute atomic E-state index is 0. The standard InChI is InChI=1S/C23H28N4O2.HI/c1-3-15-29-21-8-5-4-7-19(21)17-26-23(24-2)25-16-18-10-12-20(13-11-18)27-14-6-9-22(27)28;/h3-5,7-8,10-13H,1,6,9,14-17H2,2H3,(H2,24,25,26);1H. The molecule has 1 amide bonds. The van der Waals surface area contributed by atoms with E-state index in [1.807, 2.05) is 53.4 Å². The SMILES string of the molecule is C=CCOc1ccccc1CNC(=NC)NCc1ccc(N2CCCC2=O)cc1.I. The largest absolute Gasteiger partial charge is 0.489 e. The number of ether oxygens (including phenoxy) is 1. The van der Waals surface area contributed by atoms with Crippen molar-refractivity contribution in [3.8, 4) is 5.75 Å². The predicted octanol–water partition coefficient (Wildman–Crippen LogP) is 3.86. The van der Waals surface area contributed by atoms with E-state index >= 15 is 0 Å². The van der Waals surface area contributed by atoms with E-state index in [2.05, 4.69) is 22.2 Å². The number of carbonyl (C=O) groups is 1. The minimum atomic E-state index is 0. The molecule has 0 unspecified atom stereocenters. The first-order valence-electron chi connectivity index (χ1n) is 9.86. The van der Waals surface area contributed by atoms with E-state index in [0.717, 1.165) is 35.5 Å². The number of benzene rings is 2. The van der Waals surface area contributed by atoms with Crippen LogP contribution < -0.4 is 20.3 Å². The summed E-state index contributed by atoms with van der Waals surface area (Å²) in [4.78, 5) is 18.0. The Morgan fingerprint density at radius 3 is 2.57 bits per heavy atom. The van der Waals surface area contributed by atoms with Crippen molar-refractivity contribution in [1.82, 2.24) is 10.6 Å². The lowest BCUT2D eigenvalue weighted by molar-refractivity contribution is -0.117. The van der Waals surface area contributed by atoms with Crippen molar-refractivity contribution in [2.24, 2.45) is 4.99 Å². The molecule has 2 N–H and O–H groups in total. The molecule has 0 atom stereocenters. The van der Waals surface area contributed by atoms with Gasteiger partial charge in [0.25, 0.3) is 0 Å². The van der Waals surface area contributed by atoms with Gasteiger partial charge < -0.3 is 20.3 Å². The number of guanidine groups is 1. The van der Waals surface area contributed by atoms with E-state index in [0.29, 0.717) is 32.1 Å². The van der Waals surface area contributed by atoms with E-state index in [-0.39, 0.29) is 29.9 Å². The van der Waals surface area contributed by atoms with Gasteiger partial charge in [-0.1, -0.05) is 43.0 Å². The van der Waals surface area contributed by atoms with Crippen LogP contribution in [-0.2, 0) is 17.9 Å². The fourth-order valence-corrected chi connectivity index (χ4v) is 3.24. The third-order valence-corrected chi connectivity index (χ3v) is 4.78. The molecule has 0 aromatic heterocycles. The summed E-state index contributed by atoms with van der Waals surface area (Å²) in [7, 11) is 1.75. The molecule has 160 valence electrons. The second kappa shape index (κ2) is 12.2. The Bertz CT molecular complexity index is 868. The molecule has 30 heavy (non-hydrogen) atoms. The van der Waals surface area contributed by atoms with Crippen LogP contribution in [0.5, 0.6) is 5.75 Å². The molecule has 0 aliphatic carbocycles. The molecule has 1 aliphatic heterocycles. The van der Waals surface area contributed by atoms with Crippen LogP contribution in [0.15, 0.2) is 66.2 Å². The molecule has 6 nitrogen and oxygen atoms in total. The Balaban J connectivity index is 0.00000320. The molecule has 0 spiro atoms. The molecule has 2 aromatic carbocycles. The fraction of sp³-hybridized carbons (Fsp3) is 0.304. The minimum Gasteiger partial charge on any atom is -0.489 e. The third-order valence-electron chi connectivity index (χ3n) is 4.78. The van der Waals surface area contributed by atoms with Crippen LogP contribution in [0.1, 0.15) is 24.0 Å². The number of nitrogens with one attached hydrogen (secondary N) is 2. The second-order valence-corrected chi connectivity index (χ2v) is 6.80. The highest BCUT2D eigenvalue weighted by Gasteiger charge is 2.21. The third kappa shape index (κ3) is 6.48. The molecule has 0 bridgehead atoms. The lowest BCUT2D eigenvalue weighted by Crippen LogP contribution is -2.36. The lowest BCUT2D eigenvalue weighted by atomic mass is 10.2. The van der Waals surface area contributed by atoms with Crippen LogP contribution in [0.3, 0.4) is 0 Å². The number of carbonyl (C=O) groups excluding carboxylic acids is 1. The van der Waals surface area contributed by atoms with Gasteiger partial charge in [-0.3, -0.25) is 9.79 Å². The number of amides is 1. The first kappa shape index (κ1) is 23.7. The quantitative estimate of drug-likeness (QED) is 0.240. The van der Waals surface area contributed by atoms with Crippen molar-refractivity contribution >= 4 is 41.5 Å². The molecule has 1 saturated heterocycles. The Kier molecular flexibility index (Phi) is 9.66. The molecule has 7 heteroatoms. The van der Waals surface area contributed by atoms with E-state index in [4.69, 9.17) is 4.74 Å². The maximum atomic E-state index is 11.9. The van der Waals surface area contributed by atoms with Gasteiger partial charge in [0.1, 0.15) is 12.4 Å². The average molecular weight is 520 g/mol. The second-order valence-electron chi connectivity index (χ2n) is 6.80. The van der Waals surface area contributed by atoms with Gasteiger partial charge in [-0.25, -0.2) is 0 Å². The van der Waals surface area contributed by atoms with Crippen LogP contribution in [-0.4, -0.2) is 32.1 Å². The number of rotatable bonds is 8. The summed E-state index contributed by atoms with van der Waals surface area (Å²) in [6.07, 6.45) is 3.31. The van der Waals surface area contributed by atoms with Crippen LogP contribution in [0.2, 0.25) is 0 Å². The molecular formula is C23H29IN4O2.